The van der Waals surface area contributed by atoms with Gasteiger partial charge in [-0.1, -0.05) is 12.1 Å². The van der Waals surface area contributed by atoms with Gasteiger partial charge < -0.3 is 15.4 Å². The van der Waals surface area contributed by atoms with Crippen LogP contribution in [0.1, 0.15) is 39.3 Å². The standard InChI is InChI=1S/C23H21FN4O4/c1-32-17-7-2-14(3-8-17)13-28-21(29)11-10-20(27-28)23(31)26-16-6-9-19(24)18(12-16)22(30)25-15-4-5-15/h2-3,6-12,15H,4-5,13H2,1H3,(H,25,30)(H,26,31). The Morgan fingerprint density at radius 1 is 1.09 bits per heavy atom. The molecule has 1 aliphatic carbocycles. The molecule has 1 saturated carbocycles. The number of rotatable bonds is 7. The highest BCUT2D eigenvalue weighted by Gasteiger charge is 2.25. The van der Waals surface area contributed by atoms with Crippen LogP contribution >= 0.6 is 0 Å². The third kappa shape index (κ3) is 5.00. The molecule has 1 aliphatic rings. The van der Waals surface area contributed by atoms with Crippen molar-refractivity contribution in [3.63, 3.8) is 0 Å². The molecule has 2 aromatic carbocycles. The number of methoxy groups -OCH3 is 1. The van der Waals surface area contributed by atoms with E-state index in [0.29, 0.717) is 5.75 Å². The highest BCUT2D eigenvalue weighted by molar-refractivity contribution is 6.03. The molecule has 1 heterocycles. The zero-order valence-electron chi connectivity index (χ0n) is 17.3. The van der Waals surface area contributed by atoms with Crippen LogP contribution in [-0.2, 0) is 6.54 Å². The van der Waals surface area contributed by atoms with Crippen LogP contribution in [0.4, 0.5) is 10.1 Å². The summed E-state index contributed by atoms with van der Waals surface area (Å²) in [6.45, 7) is 0.173. The Bertz CT molecular complexity index is 1220. The van der Waals surface area contributed by atoms with E-state index in [1.54, 1.807) is 31.4 Å². The molecular formula is C23H21FN4O4. The number of anilines is 1. The predicted molar refractivity (Wildman–Crippen MR) is 115 cm³/mol. The lowest BCUT2D eigenvalue weighted by molar-refractivity contribution is 0.0945. The van der Waals surface area contributed by atoms with Crippen LogP contribution in [-0.4, -0.2) is 34.7 Å². The van der Waals surface area contributed by atoms with Crippen LogP contribution in [0.25, 0.3) is 0 Å². The predicted octanol–water partition coefficient (Wildman–Crippen LogP) is 2.58. The van der Waals surface area contributed by atoms with Crippen LogP contribution in [0.3, 0.4) is 0 Å². The molecule has 0 saturated heterocycles. The molecule has 3 aromatic rings. The smallest absolute Gasteiger partial charge is 0.276 e. The van der Waals surface area contributed by atoms with E-state index in [2.05, 4.69) is 15.7 Å². The van der Waals surface area contributed by atoms with E-state index in [1.807, 2.05) is 0 Å². The van der Waals surface area contributed by atoms with Gasteiger partial charge in [0.15, 0.2) is 0 Å². The molecule has 0 atom stereocenters. The molecule has 32 heavy (non-hydrogen) atoms. The van der Waals surface area contributed by atoms with Crippen molar-refractivity contribution in [2.45, 2.75) is 25.4 Å². The van der Waals surface area contributed by atoms with Gasteiger partial charge in [0.05, 0.1) is 19.2 Å². The van der Waals surface area contributed by atoms with Crippen LogP contribution < -0.4 is 20.9 Å². The molecule has 4 rings (SSSR count). The van der Waals surface area contributed by atoms with E-state index in [4.69, 9.17) is 4.74 Å². The van der Waals surface area contributed by atoms with Gasteiger partial charge in [0.1, 0.15) is 17.3 Å². The molecule has 1 fully saturated rings. The fraction of sp³-hybridized carbons (Fsp3) is 0.217. The van der Waals surface area contributed by atoms with Crippen molar-refractivity contribution in [1.29, 1.82) is 0 Å². The summed E-state index contributed by atoms with van der Waals surface area (Å²) in [5.74, 6) is -1.10. The summed E-state index contributed by atoms with van der Waals surface area (Å²) in [4.78, 5) is 37.1. The number of carbonyl (C=O) groups excluding carboxylic acids is 2. The summed E-state index contributed by atoms with van der Waals surface area (Å²) in [5.41, 5.74) is 0.548. The van der Waals surface area contributed by atoms with Crippen molar-refractivity contribution >= 4 is 17.5 Å². The number of halogens is 1. The zero-order chi connectivity index (χ0) is 22.7. The van der Waals surface area contributed by atoms with Crippen molar-refractivity contribution in [2.24, 2.45) is 0 Å². The fourth-order valence-corrected chi connectivity index (χ4v) is 3.05. The van der Waals surface area contributed by atoms with E-state index in [-0.39, 0.29) is 35.1 Å². The average Bonchev–Trinajstić information content (AvgIpc) is 3.61. The first kappa shape index (κ1) is 21.2. The van der Waals surface area contributed by atoms with Crippen LogP contribution in [0.15, 0.2) is 59.4 Å². The molecule has 1 aromatic heterocycles. The number of ether oxygens (including phenoxy) is 1. The van der Waals surface area contributed by atoms with Gasteiger partial charge in [0.2, 0.25) is 0 Å². The van der Waals surface area contributed by atoms with E-state index >= 15 is 0 Å². The van der Waals surface area contributed by atoms with E-state index in [9.17, 15) is 18.8 Å². The van der Waals surface area contributed by atoms with Crippen molar-refractivity contribution in [3.05, 3.63) is 87.6 Å². The molecule has 164 valence electrons. The Morgan fingerprint density at radius 2 is 1.84 bits per heavy atom. The second-order valence-corrected chi connectivity index (χ2v) is 7.46. The minimum Gasteiger partial charge on any atom is -0.497 e. The first-order valence-corrected chi connectivity index (χ1v) is 10.1. The first-order chi connectivity index (χ1) is 15.4. The van der Waals surface area contributed by atoms with Gasteiger partial charge in [-0.3, -0.25) is 14.4 Å². The summed E-state index contributed by atoms with van der Waals surface area (Å²) in [6, 6.07) is 13.5. The lowest BCUT2D eigenvalue weighted by atomic mass is 10.1. The molecule has 0 spiro atoms. The monoisotopic (exact) mass is 436 g/mol. The third-order valence-electron chi connectivity index (χ3n) is 4.97. The van der Waals surface area contributed by atoms with Gasteiger partial charge in [-0.05, 0) is 54.8 Å². The average molecular weight is 436 g/mol. The number of benzene rings is 2. The fourth-order valence-electron chi connectivity index (χ4n) is 3.05. The Morgan fingerprint density at radius 3 is 2.53 bits per heavy atom. The van der Waals surface area contributed by atoms with Gasteiger partial charge >= 0.3 is 0 Å². The second-order valence-electron chi connectivity index (χ2n) is 7.46. The Labute approximate surface area is 183 Å². The molecule has 0 aliphatic heterocycles. The van der Waals surface area contributed by atoms with Crippen molar-refractivity contribution < 1.29 is 18.7 Å². The maximum absolute atomic E-state index is 14.1. The number of aromatic nitrogens is 2. The quantitative estimate of drug-likeness (QED) is 0.593. The van der Waals surface area contributed by atoms with Gasteiger partial charge in [-0.2, -0.15) is 5.10 Å². The highest BCUT2D eigenvalue weighted by atomic mass is 19.1. The number of hydrogen-bond donors (Lipinski definition) is 2. The third-order valence-corrected chi connectivity index (χ3v) is 4.97. The van der Waals surface area contributed by atoms with Crippen LogP contribution in [0.5, 0.6) is 5.75 Å². The van der Waals surface area contributed by atoms with Crippen LogP contribution in [0.2, 0.25) is 0 Å². The summed E-state index contributed by atoms with van der Waals surface area (Å²) in [7, 11) is 1.56. The normalized spacial score (nSPS) is 12.8. The molecular weight excluding hydrogens is 415 g/mol. The molecule has 8 nitrogen and oxygen atoms in total. The molecule has 2 amide bonds. The van der Waals surface area contributed by atoms with Gasteiger partial charge in [-0.15, -0.1) is 0 Å². The van der Waals surface area contributed by atoms with E-state index in [1.165, 1.54) is 28.9 Å². The lowest BCUT2D eigenvalue weighted by Crippen LogP contribution is -2.27. The summed E-state index contributed by atoms with van der Waals surface area (Å²) in [6.07, 6.45) is 1.75. The molecule has 2 N–H and O–H groups in total. The Hall–Kier alpha value is -4.01. The lowest BCUT2D eigenvalue weighted by Gasteiger charge is -2.10. The SMILES string of the molecule is COc1ccc(Cn2nc(C(=O)Nc3ccc(F)c(C(=O)NC4CC4)c3)ccc2=O)cc1. The second kappa shape index (κ2) is 9.01. The number of carbonyl (C=O) groups is 2. The van der Waals surface area contributed by atoms with Gasteiger partial charge in [0.25, 0.3) is 17.4 Å². The Kier molecular flexibility index (Phi) is 5.98. The minimum absolute atomic E-state index is 0.00594. The maximum Gasteiger partial charge on any atom is 0.276 e. The number of hydrogen-bond acceptors (Lipinski definition) is 5. The van der Waals surface area contributed by atoms with Crippen molar-refractivity contribution in [2.75, 3.05) is 12.4 Å². The molecule has 0 radical (unpaired) electrons. The Balaban J connectivity index is 1.50. The first-order valence-electron chi connectivity index (χ1n) is 10.1. The largest absolute Gasteiger partial charge is 0.497 e. The van der Waals surface area contributed by atoms with Crippen molar-refractivity contribution in [3.8, 4) is 5.75 Å². The zero-order valence-corrected chi connectivity index (χ0v) is 17.3. The molecule has 9 heteroatoms. The molecule has 0 bridgehead atoms. The van der Waals surface area contributed by atoms with E-state index < -0.39 is 17.6 Å². The van der Waals surface area contributed by atoms with E-state index in [0.717, 1.165) is 24.5 Å². The molecule has 0 unspecified atom stereocenters. The topological polar surface area (TPSA) is 102 Å². The van der Waals surface area contributed by atoms with Gasteiger partial charge in [0, 0.05) is 17.8 Å². The maximum atomic E-state index is 14.1. The summed E-state index contributed by atoms with van der Waals surface area (Å²) >= 11 is 0. The van der Waals surface area contributed by atoms with Crippen molar-refractivity contribution in [1.82, 2.24) is 15.1 Å². The van der Waals surface area contributed by atoms with Gasteiger partial charge in [-0.25, -0.2) is 9.07 Å². The number of amides is 2. The summed E-state index contributed by atoms with van der Waals surface area (Å²) < 4.78 is 20.4. The summed E-state index contributed by atoms with van der Waals surface area (Å²) in [5, 5.41) is 9.45. The van der Waals surface area contributed by atoms with Crippen LogP contribution in [0, 0.1) is 5.82 Å². The minimum atomic E-state index is -0.674. The number of nitrogens with zero attached hydrogens (tertiary/aromatic N) is 2. The highest BCUT2D eigenvalue weighted by Crippen LogP contribution is 2.21. The number of nitrogens with one attached hydrogen (secondary N) is 2.